The van der Waals surface area contributed by atoms with Gasteiger partial charge in [-0.25, -0.2) is 0 Å². The molecule has 0 nitrogen and oxygen atoms in total. The normalized spacial score (nSPS) is 20.2. The van der Waals surface area contributed by atoms with Gasteiger partial charge in [0.1, 0.15) is 0 Å². The summed E-state index contributed by atoms with van der Waals surface area (Å²) in [5.74, 6) is 1.62. The van der Waals surface area contributed by atoms with Crippen molar-refractivity contribution in [1.29, 1.82) is 0 Å². The summed E-state index contributed by atoms with van der Waals surface area (Å²) >= 11 is 0. The zero-order valence-corrected chi connectivity index (χ0v) is 20.9. The first-order valence-corrected chi connectivity index (χ1v) is 15.1. The predicted octanol–water partition coefficient (Wildman–Crippen LogP) is 5.64. The summed E-state index contributed by atoms with van der Waals surface area (Å²) in [5, 5.41) is 2.73. The Hall–Kier alpha value is 0.325. The molecule has 2 unspecified atom stereocenters. The standard InChI is InChI=1S/C10H22Si2.C9H11.2CH3.H4Si.Ti/c1-9(11(3,4)5)10(2)12(6,7)8;1-2-5-9-7-3-6-8(9)4-1;;;;/h1-2H2,3-8H3;1-2,4-6,8-9H,3,7H2;2*1H3;1H4;/q;3*-1;;+3. The van der Waals surface area contributed by atoms with Gasteiger partial charge in [-0.2, -0.15) is 6.42 Å². The quantitative estimate of drug-likeness (QED) is 0.310. The third-order valence-corrected chi connectivity index (χ3v) is 8.89. The van der Waals surface area contributed by atoms with Crippen molar-refractivity contribution in [3.05, 3.63) is 69.1 Å². The monoisotopic (exact) mass is 427 g/mol. The van der Waals surface area contributed by atoms with E-state index in [1.807, 2.05) is 0 Å². The molecule has 25 heavy (non-hydrogen) atoms. The number of hydrogen-bond acceptors (Lipinski definition) is 0. The molecule has 0 aromatic rings. The van der Waals surface area contributed by atoms with E-state index in [0.717, 1.165) is 11.8 Å². The number of hydrogen-bond donors (Lipinski definition) is 0. The van der Waals surface area contributed by atoms with Gasteiger partial charge in [0.15, 0.2) is 0 Å². The predicted molar refractivity (Wildman–Crippen MR) is 128 cm³/mol. The molecule has 0 N–H and O–H groups in total. The molecule has 0 amide bonds. The Balaban J connectivity index is -0.000000154. The maximum Gasteiger partial charge on any atom is 3.00 e. The second-order valence-electron chi connectivity index (χ2n) is 8.28. The molecule has 1 saturated carbocycles. The Morgan fingerprint density at radius 1 is 0.880 bits per heavy atom. The Bertz CT molecular complexity index is 409. The van der Waals surface area contributed by atoms with E-state index in [1.54, 1.807) is 0 Å². The minimum absolute atomic E-state index is 0. The van der Waals surface area contributed by atoms with E-state index < -0.39 is 16.1 Å². The van der Waals surface area contributed by atoms with E-state index in [0.29, 0.717) is 0 Å². The van der Waals surface area contributed by atoms with Gasteiger partial charge < -0.3 is 21.3 Å². The fourth-order valence-corrected chi connectivity index (χ4v) is 6.66. The van der Waals surface area contributed by atoms with Crippen molar-refractivity contribution >= 4 is 27.1 Å². The van der Waals surface area contributed by atoms with Crippen molar-refractivity contribution in [1.82, 2.24) is 0 Å². The number of allylic oxidation sites excluding steroid dienone is 6. The summed E-state index contributed by atoms with van der Waals surface area (Å²) in [6.07, 6.45) is 14.1. The second kappa shape index (κ2) is 13.5. The summed E-state index contributed by atoms with van der Waals surface area (Å²) < 4.78 is 0. The average Bonchev–Trinajstić information content (AvgIpc) is 2.83. The minimum Gasteiger partial charge on any atom is -0.358 e. The van der Waals surface area contributed by atoms with Crippen LogP contribution in [-0.2, 0) is 21.7 Å². The molecule has 1 radical (unpaired) electrons. The first-order chi connectivity index (χ1) is 9.53. The molecule has 4 heteroatoms. The first kappa shape index (κ1) is 33.0. The van der Waals surface area contributed by atoms with Gasteiger partial charge in [0.2, 0.25) is 0 Å². The van der Waals surface area contributed by atoms with Gasteiger partial charge in [0.25, 0.3) is 0 Å². The van der Waals surface area contributed by atoms with Crippen LogP contribution in [0.4, 0.5) is 0 Å². The fraction of sp³-hybridized carbons (Fsp3) is 0.476. The van der Waals surface area contributed by atoms with E-state index in [9.17, 15) is 0 Å². The van der Waals surface area contributed by atoms with Crippen LogP contribution in [-0.4, -0.2) is 27.1 Å². The molecule has 0 spiro atoms. The molecule has 0 aromatic carbocycles. The Labute approximate surface area is 181 Å². The first-order valence-electron chi connectivity index (χ1n) is 8.11. The van der Waals surface area contributed by atoms with E-state index in [-0.39, 0.29) is 47.5 Å². The van der Waals surface area contributed by atoms with Crippen molar-refractivity contribution < 1.29 is 21.7 Å². The van der Waals surface area contributed by atoms with Gasteiger partial charge in [-0.3, -0.25) is 0 Å². The van der Waals surface area contributed by atoms with Crippen LogP contribution >= 0.6 is 0 Å². The molecule has 0 aliphatic heterocycles. The van der Waals surface area contributed by atoms with Crippen molar-refractivity contribution in [3.63, 3.8) is 0 Å². The maximum atomic E-state index is 4.19. The van der Waals surface area contributed by atoms with Crippen LogP contribution in [0.2, 0.25) is 39.3 Å². The molecule has 1 fully saturated rings. The van der Waals surface area contributed by atoms with Crippen LogP contribution < -0.4 is 0 Å². The molecule has 2 aliphatic rings. The zero-order valence-electron chi connectivity index (χ0n) is 17.4. The molecule has 2 rings (SSSR count). The Kier molecular flexibility index (Phi) is 17.8. The topological polar surface area (TPSA) is 0 Å². The SMILES string of the molecule is C1=CC2[CH-]CCC2C=C1.C=C(C(=C)[Si](C)(C)C)[Si](C)(C)C.[CH3-].[CH3-].[SiH4].[Ti+3]. The third-order valence-electron chi connectivity index (χ3n) is 4.41. The zero-order chi connectivity index (χ0) is 16.3. The van der Waals surface area contributed by atoms with Gasteiger partial charge in [-0.1, -0.05) is 87.5 Å². The smallest absolute Gasteiger partial charge is 0.358 e. The summed E-state index contributed by atoms with van der Waals surface area (Å²) in [4.78, 5) is 0. The molecule has 0 bridgehead atoms. The number of fused-ring (bicyclic) bond motifs is 1. The second-order valence-corrected chi connectivity index (χ2v) is 18.5. The molecule has 0 saturated heterocycles. The van der Waals surface area contributed by atoms with Gasteiger partial charge in [0.05, 0.1) is 16.1 Å². The Morgan fingerprint density at radius 3 is 1.64 bits per heavy atom. The fourth-order valence-electron chi connectivity index (χ4n) is 2.60. The van der Waals surface area contributed by atoms with Crippen molar-refractivity contribution in [2.75, 3.05) is 0 Å². The Morgan fingerprint density at radius 2 is 1.28 bits per heavy atom. The van der Waals surface area contributed by atoms with Crippen LogP contribution in [0.5, 0.6) is 0 Å². The van der Waals surface area contributed by atoms with Crippen LogP contribution in [0.3, 0.4) is 0 Å². The molecule has 0 heterocycles. The van der Waals surface area contributed by atoms with Crippen LogP contribution in [0, 0.1) is 33.1 Å². The third kappa shape index (κ3) is 10.9. The molecular formula is C21H43Si3Ti. The van der Waals surface area contributed by atoms with E-state index in [4.69, 9.17) is 0 Å². The van der Waals surface area contributed by atoms with Crippen molar-refractivity contribution in [3.8, 4) is 0 Å². The van der Waals surface area contributed by atoms with Gasteiger partial charge >= 0.3 is 21.7 Å². The van der Waals surface area contributed by atoms with Crippen molar-refractivity contribution in [2.45, 2.75) is 52.1 Å². The van der Waals surface area contributed by atoms with Crippen LogP contribution in [0.25, 0.3) is 0 Å². The molecule has 2 aliphatic carbocycles. The summed E-state index contributed by atoms with van der Waals surface area (Å²) in [6.45, 7) is 22.4. The average molecular weight is 428 g/mol. The van der Waals surface area contributed by atoms with Crippen molar-refractivity contribution in [2.24, 2.45) is 11.8 Å². The van der Waals surface area contributed by atoms with Crippen LogP contribution in [0.1, 0.15) is 12.8 Å². The molecule has 0 aromatic heterocycles. The molecule has 2 atom stereocenters. The van der Waals surface area contributed by atoms with Gasteiger partial charge in [-0.05, 0) is 16.9 Å². The minimum atomic E-state index is -1.19. The summed E-state index contributed by atoms with van der Waals surface area (Å²) in [5.41, 5.74) is 0. The maximum absolute atomic E-state index is 4.19. The largest absolute Gasteiger partial charge is 3.00 e. The summed E-state index contributed by atoms with van der Waals surface area (Å²) in [6, 6.07) is 0. The van der Waals surface area contributed by atoms with E-state index in [2.05, 4.69) is 83.2 Å². The van der Waals surface area contributed by atoms with Gasteiger partial charge in [-0.15, -0.1) is 12.0 Å². The molecular weight excluding hydrogens is 384 g/mol. The number of rotatable bonds is 3. The van der Waals surface area contributed by atoms with Crippen LogP contribution in [0.15, 0.2) is 47.9 Å². The van der Waals surface area contributed by atoms with E-state index in [1.165, 1.54) is 23.2 Å². The summed E-state index contributed by atoms with van der Waals surface area (Å²) in [7, 11) is -2.39. The van der Waals surface area contributed by atoms with Gasteiger partial charge in [0, 0.05) is 0 Å². The molecule has 143 valence electrons. The van der Waals surface area contributed by atoms with E-state index >= 15 is 0 Å².